The van der Waals surface area contributed by atoms with Crippen LogP contribution in [0.25, 0.3) is 0 Å². The third kappa shape index (κ3) is 4.91. The largest absolute Gasteiger partial charge is 0.326 e. The van der Waals surface area contributed by atoms with Crippen molar-refractivity contribution in [3.63, 3.8) is 0 Å². The van der Waals surface area contributed by atoms with Crippen molar-refractivity contribution in [2.24, 2.45) is 5.92 Å². The van der Waals surface area contributed by atoms with Gasteiger partial charge in [0.1, 0.15) is 21.8 Å². The lowest BCUT2D eigenvalue weighted by Crippen LogP contribution is -2.18. The molecule has 34 heavy (non-hydrogen) atoms. The van der Waals surface area contributed by atoms with Crippen LogP contribution in [0.4, 0.5) is 24.5 Å². The van der Waals surface area contributed by atoms with Gasteiger partial charge in [0.05, 0.1) is 21.0 Å². The molecule has 2 atom stereocenters. The molecule has 2 N–H and O–H groups in total. The molecule has 176 valence electrons. The van der Waals surface area contributed by atoms with Gasteiger partial charge >= 0.3 is 0 Å². The maximum absolute atomic E-state index is 13.9. The molecule has 0 bridgehead atoms. The fraction of sp³-hybridized carbons (Fsp3) is 0.130. The van der Waals surface area contributed by atoms with Crippen molar-refractivity contribution in [1.29, 1.82) is 0 Å². The second kappa shape index (κ2) is 9.41. The summed E-state index contributed by atoms with van der Waals surface area (Å²) in [6.07, 6.45) is 0. The molecule has 1 saturated carbocycles. The zero-order valence-electron chi connectivity index (χ0n) is 16.8. The predicted molar refractivity (Wildman–Crippen MR) is 129 cm³/mol. The Morgan fingerprint density at radius 3 is 2.09 bits per heavy atom. The van der Waals surface area contributed by atoms with Crippen LogP contribution in [0.3, 0.4) is 0 Å². The molecular formula is C23H13BrCl3F3N2O2. The summed E-state index contributed by atoms with van der Waals surface area (Å²) in [4.78, 5) is 25.5. The molecule has 0 spiro atoms. The van der Waals surface area contributed by atoms with Gasteiger partial charge in [-0.2, -0.15) is 0 Å². The second-order valence-electron chi connectivity index (χ2n) is 7.57. The van der Waals surface area contributed by atoms with Gasteiger partial charge in [0.15, 0.2) is 0 Å². The van der Waals surface area contributed by atoms with Crippen molar-refractivity contribution in [3.8, 4) is 0 Å². The highest BCUT2D eigenvalue weighted by molar-refractivity contribution is 9.10. The standard InChI is InChI=1S/C23H13BrCl3F3N2O2/c24-20-16(29)7-10(8-17(20)30)18-19(23(18,26)27)22(34)32-13-5-6-15(25)14(9-13)21(33)31-12-3-1-11(28)2-4-12/h1-9,18-19H,(H,31,33)(H,32,34). The van der Waals surface area contributed by atoms with Crippen LogP contribution in [-0.4, -0.2) is 16.1 Å². The number of hydrogen-bond donors (Lipinski definition) is 2. The van der Waals surface area contributed by atoms with Gasteiger partial charge in [0, 0.05) is 17.3 Å². The van der Waals surface area contributed by atoms with Crippen LogP contribution in [0.1, 0.15) is 21.8 Å². The van der Waals surface area contributed by atoms with E-state index in [4.69, 9.17) is 34.8 Å². The first-order chi connectivity index (χ1) is 16.0. The summed E-state index contributed by atoms with van der Waals surface area (Å²) in [6.45, 7) is 0. The molecule has 0 radical (unpaired) electrons. The number of hydrogen-bond acceptors (Lipinski definition) is 2. The number of amides is 2. The Kier molecular flexibility index (Phi) is 6.88. The summed E-state index contributed by atoms with van der Waals surface area (Å²) < 4.78 is 39.1. The monoisotopic (exact) mass is 590 g/mol. The van der Waals surface area contributed by atoms with E-state index in [1.165, 1.54) is 42.5 Å². The molecule has 1 fully saturated rings. The summed E-state index contributed by atoms with van der Waals surface area (Å²) in [6, 6.07) is 11.5. The number of anilines is 2. The topological polar surface area (TPSA) is 58.2 Å². The first-order valence-electron chi connectivity index (χ1n) is 9.68. The summed E-state index contributed by atoms with van der Waals surface area (Å²) >= 11 is 21.4. The minimum atomic E-state index is -1.58. The lowest BCUT2D eigenvalue weighted by Gasteiger charge is -2.10. The van der Waals surface area contributed by atoms with E-state index in [2.05, 4.69) is 26.6 Å². The molecule has 3 aromatic rings. The fourth-order valence-electron chi connectivity index (χ4n) is 3.55. The van der Waals surface area contributed by atoms with Gasteiger partial charge in [0.25, 0.3) is 5.91 Å². The van der Waals surface area contributed by atoms with E-state index in [9.17, 15) is 22.8 Å². The Labute approximate surface area is 215 Å². The van der Waals surface area contributed by atoms with Gasteiger partial charge in [-0.05, 0) is 76.1 Å². The van der Waals surface area contributed by atoms with Gasteiger partial charge in [-0.15, -0.1) is 23.2 Å². The van der Waals surface area contributed by atoms with Crippen LogP contribution in [-0.2, 0) is 4.79 Å². The normalized spacial score (nSPS) is 18.3. The fourth-order valence-corrected chi connectivity index (χ4v) is 4.81. The smallest absolute Gasteiger partial charge is 0.257 e. The molecule has 4 nitrogen and oxygen atoms in total. The molecule has 2 unspecified atom stereocenters. The number of carbonyl (C=O) groups is 2. The van der Waals surface area contributed by atoms with Crippen molar-refractivity contribution >= 4 is 73.9 Å². The maximum atomic E-state index is 13.9. The van der Waals surface area contributed by atoms with E-state index in [-0.39, 0.29) is 26.3 Å². The highest BCUT2D eigenvalue weighted by Crippen LogP contribution is 2.65. The van der Waals surface area contributed by atoms with E-state index in [0.717, 1.165) is 12.1 Å². The third-order valence-corrected chi connectivity index (χ3v) is 7.31. The number of rotatable bonds is 5. The second-order valence-corrected chi connectivity index (χ2v) is 10.2. The Balaban J connectivity index is 1.51. The maximum Gasteiger partial charge on any atom is 0.257 e. The van der Waals surface area contributed by atoms with Crippen molar-refractivity contribution in [2.75, 3.05) is 10.6 Å². The van der Waals surface area contributed by atoms with Crippen molar-refractivity contribution in [1.82, 2.24) is 0 Å². The highest BCUT2D eigenvalue weighted by atomic mass is 79.9. The van der Waals surface area contributed by atoms with Crippen LogP contribution in [0.2, 0.25) is 5.02 Å². The number of nitrogens with one attached hydrogen (secondary N) is 2. The average Bonchev–Trinajstić information content (AvgIpc) is 3.36. The summed E-state index contributed by atoms with van der Waals surface area (Å²) in [7, 11) is 0. The van der Waals surface area contributed by atoms with E-state index >= 15 is 0 Å². The Hall–Kier alpha value is -2.26. The molecule has 0 aromatic heterocycles. The van der Waals surface area contributed by atoms with E-state index in [0.29, 0.717) is 5.69 Å². The van der Waals surface area contributed by atoms with Crippen molar-refractivity contribution < 1.29 is 22.8 Å². The lowest BCUT2D eigenvalue weighted by molar-refractivity contribution is -0.117. The molecule has 0 saturated heterocycles. The van der Waals surface area contributed by atoms with Crippen LogP contribution in [0.5, 0.6) is 0 Å². The van der Waals surface area contributed by atoms with E-state index < -0.39 is 45.4 Å². The van der Waals surface area contributed by atoms with E-state index in [1.54, 1.807) is 0 Å². The molecule has 1 aliphatic carbocycles. The SMILES string of the molecule is O=C(Nc1ccc(F)cc1)c1cc(NC(=O)C2C(c3cc(F)c(Br)c(F)c3)C2(Cl)Cl)ccc1Cl. The van der Waals surface area contributed by atoms with Gasteiger partial charge in [0.2, 0.25) is 5.91 Å². The van der Waals surface area contributed by atoms with Gasteiger partial charge < -0.3 is 10.6 Å². The Bertz CT molecular complexity index is 1280. The van der Waals surface area contributed by atoms with Crippen LogP contribution in [0, 0.1) is 23.4 Å². The lowest BCUT2D eigenvalue weighted by atomic mass is 10.1. The quantitative estimate of drug-likeness (QED) is 0.241. The van der Waals surface area contributed by atoms with Crippen molar-refractivity contribution in [3.05, 3.63) is 92.7 Å². The minimum absolute atomic E-state index is 0.0520. The predicted octanol–water partition coefficient (Wildman–Crippen LogP) is 7.30. The van der Waals surface area contributed by atoms with Crippen LogP contribution >= 0.6 is 50.7 Å². The van der Waals surface area contributed by atoms with Gasteiger partial charge in [-0.1, -0.05) is 11.6 Å². The average molecular weight is 593 g/mol. The number of halogens is 7. The number of alkyl halides is 2. The zero-order valence-corrected chi connectivity index (χ0v) is 20.7. The van der Waals surface area contributed by atoms with Gasteiger partial charge in [-0.3, -0.25) is 9.59 Å². The molecular weight excluding hydrogens is 580 g/mol. The highest BCUT2D eigenvalue weighted by Gasteiger charge is 2.67. The summed E-state index contributed by atoms with van der Waals surface area (Å²) in [5.41, 5.74) is 0.761. The first-order valence-corrected chi connectivity index (χ1v) is 11.6. The summed E-state index contributed by atoms with van der Waals surface area (Å²) in [5.74, 6) is -5.18. The van der Waals surface area contributed by atoms with Crippen molar-refractivity contribution in [2.45, 2.75) is 10.3 Å². The first kappa shape index (κ1) is 24.9. The molecule has 4 rings (SSSR count). The molecule has 1 aliphatic rings. The van der Waals surface area contributed by atoms with Crippen LogP contribution < -0.4 is 10.6 Å². The number of carbonyl (C=O) groups excluding carboxylic acids is 2. The molecule has 3 aromatic carbocycles. The summed E-state index contributed by atoms with van der Waals surface area (Å²) in [5, 5.41) is 5.30. The zero-order chi connectivity index (χ0) is 24.8. The van der Waals surface area contributed by atoms with Crippen LogP contribution in [0.15, 0.2) is 59.1 Å². The molecule has 2 amide bonds. The molecule has 11 heteroatoms. The molecule has 0 heterocycles. The number of benzene rings is 3. The Morgan fingerprint density at radius 1 is 0.882 bits per heavy atom. The third-order valence-electron chi connectivity index (χ3n) is 5.28. The Morgan fingerprint density at radius 2 is 1.47 bits per heavy atom. The van der Waals surface area contributed by atoms with E-state index in [1.807, 2.05) is 0 Å². The minimum Gasteiger partial charge on any atom is -0.326 e. The van der Waals surface area contributed by atoms with Gasteiger partial charge in [-0.25, -0.2) is 13.2 Å². The molecule has 0 aliphatic heterocycles.